The van der Waals surface area contributed by atoms with E-state index < -0.39 is 20.9 Å². The SMILES string of the molecule is COc1ccc(S(=O)(=O)C2CCN(C(=O)c3ccccc3C(=O)c3ccc(F)cc3)CC2)cc1. The molecule has 34 heavy (non-hydrogen) atoms. The van der Waals surface area contributed by atoms with Gasteiger partial charge in [-0.3, -0.25) is 9.59 Å². The van der Waals surface area contributed by atoms with Gasteiger partial charge in [0.1, 0.15) is 11.6 Å². The number of piperidine rings is 1. The van der Waals surface area contributed by atoms with Crippen LogP contribution in [0.25, 0.3) is 0 Å². The van der Waals surface area contributed by atoms with E-state index in [0.29, 0.717) is 18.6 Å². The molecule has 0 spiro atoms. The van der Waals surface area contributed by atoms with Gasteiger partial charge in [0.2, 0.25) is 0 Å². The van der Waals surface area contributed by atoms with Crippen molar-refractivity contribution in [2.24, 2.45) is 0 Å². The van der Waals surface area contributed by atoms with Gasteiger partial charge < -0.3 is 9.64 Å². The van der Waals surface area contributed by atoms with Gasteiger partial charge in [-0.2, -0.15) is 0 Å². The molecule has 1 amide bonds. The van der Waals surface area contributed by atoms with Gasteiger partial charge in [-0.25, -0.2) is 12.8 Å². The molecule has 1 heterocycles. The lowest BCUT2D eigenvalue weighted by Gasteiger charge is -2.32. The van der Waals surface area contributed by atoms with E-state index in [-0.39, 0.29) is 46.4 Å². The number of sulfone groups is 1. The minimum atomic E-state index is -3.54. The molecule has 1 aliphatic heterocycles. The molecule has 0 bridgehead atoms. The summed E-state index contributed by atoms with van der Waals surface area (Å²) < 4.78 is 44.4. The highest BCUT2D eigenvalue weighted by molar-refractivity contribution is 7.92. The maximum atomic E-state index is 13.3. The average molecular weight is 482 g/mol. The van der Waals surface area contributed by atoms with Crippen LogP contribution in [0.3, 0.4) is 0 Å². The van der Waals surface area contributed by atoms with Crippen molar-refractivity contribution < 1.29 is 27.1 Å². The second kappa shape index (κ2) is 9.77. The predicted molar refractivity (Wildman–Crippen MR) is 125 cm³/mol. The summed E-state index contributed by atoms with van der Waals surface area (Å²) in [6.45, 7) is 0.524. The Morgan fingerprint density at radius 3 is 2.06 bits per heavy atom. The number of halogens is 1. The lowest BCUT2D eigenvalue weighted by Crippen LogP contribution is -2.42. The molecule has 1 fully saturated rings. The summed E-state index contributed by atoms with van der Waals surface area (Å²) in [6, 6.07) is 17.9. The summed E-state index contributed by atoms with van der Waals surface area (Å²) in [6.07, 6.45) is 0.600. The molecule has 0 radical (unpaired) electrons. The number of carbonyl (C=O) groups excluding carboxylic acids is 2. The fourth-order valence-corrected chi connectivity index (χ4v) is 5.85. The van der Waals surface area contributed by atoms with Crippen molar-refractivity contribution in [2.45, 2.75) is 23.0 Å². The zero-order valence-corrected chi connectivity index (χ0v) is 19.4. The Labute approximate surface area is 197 Å². The second-order valence-corrected chi connectivity index (χ2v) is 10.3. The van der Waals surface area contributed by atoms with Gasteiger partial charge in [-0.15, -0.1) is 0 Å². The minimum absolute atomic E-state index is 0.229. The van der Waals surface area contributed by atoms with Crippen LogP contribution in [0.2, 0.25) is 0 Å². The van der Waals surface area contributed by atoms with Crippen molar-refractivity contribution in [3.05, 3.63) is 95.3 Å². The first-order valence-electron chi connectivity index (χ1n) is 10.9. The number of likely N-dealkylation sites (tertiary alicyclic amines) is 1. The van der Waals surface area contributed by atoms with Gasteiger partial charge in [0.15, 0.2) is 15.6 Å². The van der Waals surface area contributed by atoms with E-state index in [0.717, 1.165) is 0 Å². The Hall–Kier alpha value is -3.52. The first-order chi connectivity index (χ1) is 16.3. The van der Waals surface area contributed by atoms with E-state index >= 15 is 0 Å². The van der Waals surface area contributed by atoms with Gasteiger partial charge in [-0.1, -0.05) is 18.2 Å². The second-order valence-electron chi connectivity index (χ2n) is 8.09. The molecule has 3 aromatic carbocycles. The molecule has 176 valence electrons. The maximum absolute atomic E-state index is 13.3. The van der Waals surface area contributed by atoms with Gasteiger partial charge in [0.25, 0.3) is 5.91 Å². The van der Waals surface area contributed by atoms with Gasteiger partial charge >= 0.3 is 0 Å². The third-order valence-corrected chi connectivity index (χ3v) is 8.34. The Morgan fingerprint density at radius 2 is 1.47 bits per heavy atom. The number of amides is 1. The number of rotatable bonds is 6. The zero-order valence-electron chi connectivity index (χ0n) is 18.6. The van der Waals surface area contributed by atoms with Crippen LogP contribution in [-0.2, 0) is 9.84 Å². The maximum Gasteiger partial charge on any atom is 0.254 e. The largest absolute Gasteiger partial charge is 0.497 e. The van der Waals surface area contributed by atoms with Crippen LogP contribution in [0.1, 0.15) is 39.1 Å². The fraction of sp³-hybridized carbons (Fsp3) is 0.231. The topological polar surface area (TPSA) is 80.8 Å². The first-order valence-corrected chi connectivity index (χ1v) is 12.4. The van der Waals surface area contributed by atoms with Crippen LogP contribution in [0.4, 0.5) is 4.39 Å². The standard InChI is InChI=1S/C26H24FNO5S/c1-33-20-10-12-21(13-11-20)34(31,32)22-14-16-28(17-15-22)26(30)24-5-3-2-4-23(24)25(29)18-6-8-19(27)9-7-18/h2-13,22H,14-17H2,1H3. The van der Waals surface area contributed by atoms with Crippen LogP contribution in [0, 0.1) is 5.82 Å². The number of carbonyl (C=O) groups is 2. The number of hydrogen-bond acceptors (Lipinski definition) is 5. The van der Waals surface area contributed by atoms with E-state index in [1.54, 1.807) is 41.3 Å². The highest BCUT2D eigenvalue weighted by Gasteiger charge is 2.33. The van der Waals surface area contributed by atoms with E-state index in [9.17, 15) is 22.4 Å². The highest BCUT2D eigenvalue weighted by Crippen LogP contribution is 2.27. The molecule has 1 aliphatic rings. The smallest absolute Gasteiger partial charge is 0.254 e. The summed E-state index contributed by atoms with van der Waals surface area (Å²) in [7, 11) is -2.02. The highest BCUT2D eigenvalue weighted by atomic mass is 32.2. The quantitative estimate of drug-likeness (QED) is 0.495. The van der Waals surface area contributed by atoms with Crippen LogP contribution in [0.15, 0.2) is 77.7 Å². The average Bonchev–Trinajstić information content (AvgIpc) is 2.88. The number of benzene rings is 3. The molecular weight excluding hydrogens is 457 g/mol. The van der Waals surface area contributed by atoms with Crippen molar-refractivity contribution in [1.82, 2.24) is 4.90 Å². The molecule has 0 N–H and O–H groups in total. The van der Waals surface area contributed by atoms with Crippen LogP contribution in [0.5, 0.6) is 5.75 Å². The number of ether oxygens (including phenoxy) is 1. The van der Waals surface area contributed by atoms with E-state index in [4.69, 9.17) is 4.74 Å². The van der Waals surface area contributed by atoms with Crippen LogP contribution < -0.4 is 4.74 Å². The Morgan fingerprint density at radius 1 is 0.882 bits per heavy atom. The summed E-state index contributed by atoms with van der Waals surface area (Å²) in [4.78, 5) is 28.0. The third-order valence-electron chi connectivity index (χ3n) is 6.06. The van der Waals surface area contributed by atoms with Crippen LogP contribution >= 0.6 is 0 Å². The molecule has 0 unspecified atom stereocenters. The molecule has 0 aliphatic carbocycles. The molecule has 6 nitrogen and oxygen atoms in total. The van der Waals surface area contributed by atoms with Crippen molar-refractivity contribution in [3.8, 4) is 5.75 Å². The molecule has 0 atom stereocenters. The van der Waals surface area contributed by atoms with Gasteiger partial charge in [0.05, 0.1) is 22.8 Å². The Balaban J connectivity index is 1.49. The summed E-state index contributed by atoms with van der Waals surface area (Å²) in [5.41, 5.74) is 0.756. The number of nitrogens with zero attached hydrogens (tertiary/aromatic N) is 1. The van der Waals surface area contributed by atoms with E-state index in [1.165, 1.54) is 43.5 Å². The normalized spacial score (nSPS) is 14.6. The van der Waals surface area contributed by atoms with E-state index in [1.807, 2.05) is 0 Å². The van der Waals surface area contributed by atoms with Crippen molar-refractivity contribution >= 4 is 21.5 Å². The van der Waals surface area contributed by atoms with Crippen molar-refractivity contribution in [2.75, 3.05) is 20.2 Å². The van der Waals surface area contributed by atoms with Crippen molar-refractivity contribution in [1.29, 1.82) is 0 Å². The lowest BCUT2D eigenvalue weighted by atomic mass is 9.97. The van der Waals surface area contributed by atoms with Gasteiger partial charge in [-0.05, 0) is 67.4 Å². The summed E-state index contributed by atoms with van der Waals surface area (Å²) >= 11 is 0. The van der Waals surface area contributed by atoms with Crippen molar-refractivity contribution in [3.63, 3.8) is 0 Å². The number of ketones is 1. The predicted octanol–water partition coefficient (Wildman–Crippen LogP) is 4.14. The first kappa shape index (κ1) is 23.6. The summed E-state index contributed by atoms with van der Waals surface area (Å²) in [5, 5.41) is -0.596. The Kier molecular flexibility index (Phi) is 6.79. The number of methoxy groups -OCH3 is 1. The third kappa shape index (κ3) is 4.72. The fourth-order valence-electron chi connectivity index (χ4n) is 4.12. The lowest BCUT2D eigenvalue weighted by molar-refractivity contribution is 0.0722. The molecular formula is C26H24FNO5S. The molecule has 1 saturated heterocycles. The van der Waals surface area contributed by atoms with Gasteiger partial charge in [0, 0.05) is 24.2 Å². The van der Waals surface area contributed by atoms with E-state index in [2.05, 4.69) is 0 Å². The number of hydrogen-bond donors (Lipinski definition) is 0. The molecule has 0 saturated carbocycles. The van der Waals surface area contributed by atoms with Crippen LogP contribution in [-0.4, -0.2) is 50.5 Å². The molecule has 0 aromatic heterocycles. The molecule has 3 aromatic rings. The minimum Gasteiger partial charge on any atom is -0.497 e. The molecule has 8 heteroatoms. The Bertz CT molecular complexity index is 1300. The summed E-state index contributed by atoms with van der Waals surface area (Å²) in [5.74, 6) is -0.575. The molecule has 4 rings (SSSR count). The monoisotopic (exact) mass is 481 g/mol. The zero-order chi connectivity index (χ0) is 24.3.